The molecule has 234 valence electrons. The first-order valence-corrected chi connectivity index (χ1v) is 15.8. The van der Waals surface area contributed by atoms with Gasteiger partial charge in [-0.25, -0.2) is 23.9 Å². The van der Waals surface area contributed by atoms with E-state index in [0.29, 0.717) is 17.9 Å². The Morgan fingerprint density at radius 1 is 0.553 bits per heavy atom. The lowest BCUT2D eigenvalue weighted by Gasteiger charge is -2.35. The van der Waals surface area contributed by atoms with Gasteiger partial charge in [-0.15, -0.1) is 0 Å². The van der Waals surface area contributed by atoms with Crippen LogP contribution >= 0.6 is 0 Å². The lowest BCUT2D eigenvalue weighted by Crippen LogP contribution is -2.45. The van der Waals surface area contributed by atoms with Crippen LogP contribution in [-0.4, -0.2) is 70.1 Å². The second-order valence-electron chi connectivity index (χ2n) is 12.1. The number of halogens is 1. The van der Waals surface area contributed by atoms with Gasteiger partial charge in [0.05, 0.1) is 24.2 Å². The predicted octanol–water partition coefficient (Wildman–Crippen LogP) is 5.91. The number of carbonyl (C=O) groups excluding carboxylic acids is 2. The molecule has 2 aliphatic carbocycles. The molecular weight excluding hydrogens is 591 g/mol. The average molecular weight is 625 g/mol. The van der Waals surface area contributed by atoms with Crippen LogP contribution in [0.5, 0.6) is 0 Å². The van der Waals surface area contributed by atoms with E-state index in [9.17, 15) is 14.0 Å². The minimum Gasteiger partial charge on any atom is -0.322 e. The molecule has 0 radical (unpaired) electrons. The molecular formula is C38H33FN6O2. The largest absolute Gasteiger partial charge is 0.326 e. The van der Waals surface area contributed by atoms with E-state index in [1.807, 2.05) is 78.5 Å². The van der Waals surface area contributed by atoms with E-state index < -0.39 is 0 Å². The van der Waals surface area contributed by atoms with Gasteiger partial charge in [0.1, 0.15) is 17.5 Å². The molecule has 9 heteroatoms. The zero-order valence-corrected chi connectivity index (χ0v) is 26.2. The zero-order valence-electron chi connectivity index (χ0n) is 26.2. The van der Waals surface area contributed by atoms with Crippen molar-refractivity contribution in [1.29, 1.82) is 0 Å². The molecule has 0 spiro atoms. The quantitative estimate of drug-likeness (QED) is 0.260. The second kappa shape index (κ2) is 12.6. The summed E-state index contributed by atoms with van der Waals surface area (Å²) in [7, 11) is 3.72. The van der Waals surface area contributed by atoms with Crippen LogP contribution in [0.4, 0.5) is 25.6 Å². The van der Waals surface area contributed by atoms with Gasteiger partial charge in [-0.2, -0.15) is 0 Å². The number of rotatable bonds is 2. The lowest BCUT2D eigenvalue weighted by atomic mass is 9.86. The third kappa shape index (κ3) is 5.89. The van der Waals surface area contributed by atoms with Crippen LogP contribution in [0.25, 0.3) is 0 Å². The van der Waals surface area contributed by atoms with Crippen LogP contribution in [0.3, 0.4) is 0 Å². The van der Waals surface area contributed by atoms with Crippen LogP contribution in [-0.2, 0) is 0 Å². The van der Waals surface area contributed by atoms with Gasteiger partial charge >= 0.3 is 12.1 Å². The zero-order chi connectivity index (χ0) is 32.5. The minimum absolute atomic E-state index is 0.0140. The minimum atomic E-state index is -0.277. The number of hydrogen-bond acceptors (Lipinski definition) is 4. The summed E-state index contributed by atoms with van der Waals surface area (Å²) in [6.07, 6.45) is 7.64. The van der Waals surface area contributed by atoms with Crippen LogP contribution in [0.2, 0.25) is 0 Å². The number of hydrogen-bond donors (Lipinski definition) is 0. The van der Waals surface area contributed by atoms with E-state index in [4.69, 9.17) is 0 Å². The number of fused-ring (bicyclic) bond motifs is 2. The summed E-state index contributed by atoms with van der Waals surface area (Å²) in [4.78, 5) is 40.8. The number of benzene rings is 2. The smallest absolute Gasteiger partial charge is 0.322 e. The summed E-state index contributed by atoms with van der Waals surface area (Å²) in [6, 6.07) is 24.7. The molecule has 4 heterocycles. The van der Waals surface area contributed by atoms with Crippen molar-refractivity contribution < 1.29 is 14.0 Å². The van der Waals surface area contributed by atoms with Crippen LogP contribution in [0.15, 0.2) is 91.3 Å². The maximum atomic E-state index is 12.9. The highest BCUT2D eigenvalue weighted by molar-refractivity contribution is 5.95. The first-order chi connectivity index (χ1) is 22.9. The Hall–Kier alpha value is -5.67. The monoisotopic (exact) mass is 624 g/mol. The highest BCUT2D eigenvalue weighted by Crippen LogP contribution is 2.39. The van der Waals surface area contributed by atoms with Gasteiger partial charge < -0.3 is 9.80 Å². The van der Waals surface area contributed by atoms with Gasteiger partial charge in [-0.05, 0) is 86.3 Å². The fraction of sp³-hybridized carbons (Fsp3) is 0.263. The summed E-state index contributed by atoms with van der Waals surface area (Å²) < 4.78 is 12.9. The molecule has 4 aromatic rings. The van der Waals surface area contributed by atoms with Gasteiger partial charge in [-0.3, -0.25) is 9.80 Å². The topological polar surface area (TPSA) is 72.9 Å². The SMILES string of the molecule is CN1C(=O)N(c2ccc(C#Cc3ccc(F)cc3)cn2)[C@@H]2CC[C@@H]21.CN1C(=O)N(c2ccc(C#Cc3ccccc3)cn2)[C@@H]2CC[C@@H]21. The third-order valence-corrected chi connectivity index (χ3v) is 9.39. The fourth-order valence-corrected chi connectivity index (χ4v) is 6.43. The second-order valence-corrected chi connectivity index (χ2v) is 12.1. The number of nitrogens with zero attached hydrogens (tertiary/aromatic N) is 6. The Morgan fingerprint density at radius 2 is 0.957 bits per heavy atom. The molecule has 4 aliphatic rings. The van der Waals surface area contributed by atoms with Gasteiger partial charge in [0.25, 0.3) is 0 Å². The molecule has 2 aromatic heterocycles. The molecule has 47 heavy (non-hydrogen) atoms. The summed E-state index contributed by atoms with van der Waals surface area (Å²) in [5.74, 6) is 13.3. The molecule has 4 fully saturated rings. The van der Waals surface area contributed by atoms with Crippen molar-refractivity contribution in [3.05, 3.63) is 119 Å². The Kier molecular flexibility index (Phi) is 8.05. The summed E-state index contributed by atoms with van der Waals surface area (Å²) >= 11 is 0. The number of pyridine rings is 2. The number of likely N-dealkylation sites (N-methyl/N-ethyl adjacent to an activating group) is 2. The predicted molar refractivity (Wildman–Crippen MR) is 178 cm³/mol. The molecule has 2 aliphatic heterocycles. The van der Waals surface area contributed by atoms with Crippen LogP contribution in [0, 0.1) is 29.5 Å². The van der Waals surface area contributed by atoms with Gasteiger partial charge in [0.2, 0.25) is 0 Å². The van der Waals surface area contributed by atoms with Gasteiger partial charge in [0, 0.05) is 48.7 Å². The Bertz CT molecular complexity index is 1910. The third-order valence-electron chi connectivity index (χ3n) is 9.39. The van der Waals surface area contributed by atoms with Crippen molar-refractivity contribution in [2.24, 2.45) is 0 Å². The molecule has 0 bridgehead atoms. The molecule has 4 amide bonds. The van der Waals surface area contributed by atoms with Crippen molar-refractivity contribution in [3.8, 4) is 23.7 Å². The normalized spacial score (nSPS) is 22.0. The first kappa shape index (κ1) is 30.0. The van der Waals surface area contributed by atoms with E-state index in [2.05, 4.69) is 33.6 Å². The Morgan fingerprint density at radius 3 is 1.34 bits per heavy atom. The molecule has 0 N–H and O–H groups in total. The maximum Gasteiger partial charge on any atom is 0.326 e. The van der Waals surface area contributed by atoms with Gasteiger partial charge in [0.15, 0.2) is 0 Å². The lowest BCUT2D eigenvalue weighted by molar-refractivity contribution is 0.196. The van der Waals surface area contributed by atoms with E-state index in [-0.39, 0.29) is 30.0 Å². The summed E-state index contributed by atoms with van der Waals surface area (Å²) in [5.41, 5.74) is 3.33. The number of anilines is 2. The summed E-state index contributed by atoms with van der Waals surface area (Å²) in [5, 5.41) is 0. The fourth-order valence-electron chi connectivity index (χ4n) is 6.43. The van der Waals surface area contributed by atoms with Crippen molar-refractivity contribution in [2.45, 2.75) is 49.9 Å². The van der Waals surface area contributed by atoms with E-state index in [1.54, 1.807) is 34.3 Å². The molecule has 2 aromatic carbocycles. The van der Waals surface area contributed by atoms with Crippen molar-refractivity contribution in [1.82, 2.24) is 19.8 Å². The highest BCUT2D eigenvalue weighted by Gasteiger charge is 2.51. The summed E-state index contributed by atoms with van der Waals surface area (Å²) in [6.45, 7) is 0. The molecule has 2 saturated carbocycles. The molecule has 2 saturated heterocycles. The maximum absolute atomic E-state index is 12.9. The highest BCUT2D eigenvalue weighted by atomic mass is 19.1. The van der Waals surface area contributed by atoms with Crippen LogP contribution < -0.4 is 9.80 Å². The molecule has 0 unspecified atom stereocenters. The van der Waals surface area contributed by atoms with E-state index in [1.165, 1.54) is 12.1 Å². The average Bonchev–Trinajstić information content (AvgIpc) is 3.35. The Labute approximate surface area is 273 Å². The number of aromatic nitrogens is 2. The number of urea groups is 2. The number of carbonyl (C=O) groups is 2. The molecule has 8 rings (SSSR count). The first-order valence-electron chi connectivity index (χ1n) is 15.8. The van der Waals surface area contributed by atoms with E-state index in [0.717, 1.165) is 53.8 Å². The van der Waals surface area contributed by atoms with Crippen molar-refractivity contribution >= 4 is 23.7 Å². The van der Waals surface area contributed by atoms with E-state index >= 15 is 0 Å². The van der Waals surface area contributed by atoms with Crippen LogP contribution in [0.1, 0.15) is 47.9 Å². The standard InChI is InChI=1S/C19H16FN3O.C19H17N3O/c1-22-16-9-10-17(16)23(19(22)24)18-11-6-14(12-21-18)3-2-13-4-7-15(20)8-5-13;1-21-16-10-11-17(16)22(19(21)23)18-12-9-15(13-20-18)8-7-14-5-3-2-4-6-14/h4-8,11-12,16-17H,9-10H2,1H3;2-6,9,12-13,16-17H,10-11H2,1H3/t2*16-,17+/m00/s1. The molecule has 4 atom stereocenters. The van der Waals surface area contributed by atoms with Crippen molar-refractivity contribution in [3.63, 3.8) is 0 Å². The van der Waals surface area contributed by atoms with Gasteiger partial charge in [-0.1, -0.05) is 41.9 Å². The van der Waals surface area contributed by atoms with Crippen molar-refractivity contribution in [2.75, 3.05) is 23.9 Å². The Balaban J connectivity index is 0.000000150. The molecule has 8 nitrogen and oxygen atoms in total. The number of amides is 4.